The standard InChI is InChI=1S/C19H21ClN6O2S2/c1-10-9-29-18(21-10)23-16(27)12(3)30-19-25-24-15(26(19)4)11(2)22-17(28)13-5-7-14(20)8-6-13/h5-9,11-12H,1-4H3,(H,22,28)(H,21,23,27)/t11-,12+/m0/s1. The minimum atomic E-state index is -0.399. The number of thioether (sulfide) groups is 1. The molecule has 0 saturated carbocycles. The summed E-state index contributed by atoms with van der Waals surface area (Å²) in [6.07, 6.45) is 0. The van der Waals surface area contributed by atoms with Gasteiger partial charge in [-0.15, -0.1) is 21.5 Å². The van der Waals surface area contributed by atoms with Gasteiger partial charge in [-0.3, -0.25) is 9.59 Å². The molecule has 0 aliphatic carbocycles. The highest BCUT2D eigenvalue weighted by Crippen LogP contribution is 2.25. The van der Waals surface area contributed by atoms with Crippen LogP contribution in [-0.4, -0.2) is 36.8 Å². The summed E-state index contributed by atoms with van der Waals surface area (Å²) in [5.74, 6) is 0.189. The zero-order valence-electron chi connectivity index (χ0n) is 16.8. The third kappa shape index (κ3) is 5.38. The van der Waals surface area contributed by atoms with Gasteiger partial charge in [0.25, 0.3) is 5.91 Å². The van der Waals surface area contributed by atoms with Crippen LogP contribution in [0.25, 0.3) is 0 Å². The first-order valence-electron chi connectivity index (χ1n) is 9.10. The normalized spacial score (nSPS) is 13.0. The van der Waals surface area contributed by atoms with Crippen molar-refractivity contribution in [3.63, 3.8) is 0 Å². The Kier molecular flexibility index (Phi) is 7.11. The number of benzene rings is 1. The quantitative estimate of drug-likeness (QED) is 0.515. The molecular weight excluding hydrogens is 444 g/mol. The van der Waals surface area contributed by atoms with Crippen LogP contribution < -0.4 is 10.6 Å². The number of carbonyl (C=O) groups is 2. The molecule has 0 unspecified atom stereocenters. The molecule has 8 nitrogen and oxygen atoms in total. The van der Waals surface area contributed by atoms with E-state index in [2.05, 4.69) is 25.8 Å². The molecule has 3 aromatic rings. The SMILES string of the molecule is Cc1csc(NC(=O)[C@@H](C)Sc2nnc([C@H](C)NC(=O)c3ccc(Cl)cc3)n2C)n1. The zero-order valence-corrected chi connectivity index (χ0v) is 19.2. The maximum Gasteiger partial charge on any atom is 0.251 e. The van der Waals surface area contributed by atoms with Crippen molar-refractivity contribution in [3.8, 4) is 0 Å². The molecule has 158 valence electrons. The maximum atomic E-state index is 12.4. The number of aromatic nitrogens is 4. The number of halogens is 1. The van der Waals surface area contributed by atoms with Gasteiger partial charge in [0.1, 0.15) is 0 Å². The predicted octanol–water partition coefficient (Wildman–Crippen LogP) is 3.84. The third-order valence-corrected chi connectivity index (χ3v) is 6.47. The number of hydrogen-bond donors (Lipinski definition) is 2. The lowest BCUT2D eigenvalue weighted by Crippen LogP contribution is -2.28. The van der Waals surface area contributed by atoms with Gasteiger partial charge in [0.2, 0.25) is 5.91 Å². The van der Waals surface area contributed by atoms with Crippen molar-refractivity contribution in [1.29, 1.82) is 0 Å². The van der Waals surface area contributed by atoms with Gasteiger partial charge >= 0.3 is 0 Å². The van der Waals surface area contributed by atoms with Crippen LogP contribution in [0.5, 0.6) is 0 Å². The number of nitrogens with zero attached hydrogens (tertiary/aromatic N) is 4. The van der Waals surface area contributed by atoms with Gasteiger partial charge in [-0.25, -0.2) is 4.98 Å². The Morgan fingerprint density at radius 3 is 2.53 bits per heavy atom. The molecule has 2 heterocycles. The minimum Gasteiger partial charge on any atom is -0.342 e. The minimum absolute atomic E-state index is 0.164. The number of aryl methyl sites for hydroxylation is 1. The monoisotopic (exact) mass is 464 g/mol. The number of thiazole rings is 1. The molecule has 11 heteroatoms. The Labute approximate surface area is 187 Å². The average molecular weight is 465 g/mol. The Hall–Kier alpha value is -2.43. The van der Waals surface area contributed by atoms with Crippen molar-refractivity contribution >= 4 is 51.6 Å². The van der Waals surface area contributed by atoms with Crippen LogP contribution in [0.1, 0.15) is 41.8 Å². The van der Waals surface area contributed by atoms with Gasteiger partial charge in [-0.05, 0) is 45.0 Å². The molecule has 2 atom stereocenters. The lowest BCUT2D eigenvalue weighted by molar-refractivity contribution is -0.115. The third-order valence-electron chi connectivity index (χ3n) is 4.21. The lowest BCUT2D eigenvalue weighted by Gasteiger charge is -2.14. The number of nitrogens with one attached hydrogen (secondary N) is 2. The molecule has 30 heavy (non-hydrogen) atoms. The van der Waals surface area contributed by atoms with Gasteiger partial charge in [0.05, 0.1) is 17.0 Å². The second-order valence-electron chi connectivity index (χ2n) is 6.65. The fourth-order valence-corrected chi connectivity index (χ4v) is 4.22. The predicted molar refractivity (Wildman–Crippen MR) is 119 cm³/mol. The molecule has 3 rings (SSSR count). The zero-order chi connectivity index (χ0) is 21.8. The van der Waals surface area contributed by atoms with E-state index in [1.807, 2.05) is 19.2 Å². The highest BCUT2D eigenvalue weighted by atomic mass is 35.5. The van der Waals surface area contributed by atoms with E-state index in [0.717, 1.165) is 5.69 Å². The molecule has 0 aliphatic heterocycles. The van der Waals surface area contributed by atoms with Crippen molar-refractivity contribution in [3.05, 3.63) is 51.7 Å². The molecule has 2 aromatic heterocycles. The Morgan fingerprint density at radius 1 is 1.20 bits per heavy atom. The van der Waals surface area contributed by atoms with Crippen LogP contribution >= 0.6 is 34.7 Å². The van der Waals surface area contributed by atoms with Crippen molar-refractivity contribution < 1.29 is 9.59 Å². The molecule has 2 amide bonds. The summed E-state index contributed by atoms with van der Waals surface area (Å²) in [6, 6.07) is 6.27. The van der Waals surface area contributed by atoms with E-state index in [1.165, 1.54) is 23.1 Å². The number of rotatable bonds is 7. The number of hydrogen-bond acceptors (Lipinski definition) is 7. The highest BCUT2D eigenvalue weighted by Gasteiger charge is 2.22. The van der Waals surface area contributed by atoms with E-state index in [4.69, 9.17) is 11.6 Å². The molecule has 0 fully saturated rings. The fourth-order valence-electron chi connectivity index (χ4n) is 2.58. The van der Waals surface area contributed by atoms with E-state index in [-0.39, 0.29) is 17.9 Å². The van der Waals surface area contributed by atoms with Gasteiger partial charge in [-0.2, -0.15) is 0 Å². The number of anilines is 1. The first-order valence-corrected chi connectivity index (χ1v) is 11.2. The van der Waals surface area contributed by atoms with Crippen LogP contribution in [0.2, 0.25) is 5.02 Å². The number of carbonyl (C=O) groups excluding carboxylic acids is 2. The summed E-state index contributed by atoms with van der Waals surface area (Å²) in [7, 11) is 1.80. The van der Waals surface area contributed by atoms with Crippen molar-refractivity contribution in [2.24, 2.45) is 7.05 Å². The second kappa shape index (κ2) is 9.59. The van der Waals surface area contributed by atoms with E-state index in [9.17, 15) is 9.59 Å². The highest BCUT2D eigenvalue weighted by molar-refractivity contribution is 8.00. The molecule has 0 saturated heterocycles. The first-order chi connectivity index (χ1) is 14.2. The second-order valence-corrected chi connectivity index (χ2v) is 9.25. The maximum absolute atomic E-state index is 12.4. The largest absolute Gasteiger partial charge is 0.342 e. The van der Waals surface area contributed by atoms with Crippen molar-refractivity contribution in [1.82, 2.24) is 25.1 Å². The van der Waals surface area contributed by atoms with Crippen molar-refractivity contribution in [2.75, 3.05) is 5.32 Å². The Bertz CT molecular complexity index is 1050. The molecule has 0 bridgehead atoms. The molecule has 0 radical (unpaired) electrons. The number of amides is 2. The van der Waals surface area contributed by atoms with E-state index in [1.54, 1.807) is 42.8 Å². The van der Waals surface area contributed by atoms with Crippen LogP contribution in [-0.2, 0) is 11.8 Å². The van der Waals surface area contributed by atoms with Gasteiger partial charge < -0.3 is 15.2 Å². The average Bonchev–Trinajstić information content (AvgIpc) is 3.27. The smallest absolute Gasteiger partial charge is 0.251 e. The van der Waals surface area contributed by atoms with E-state index >= 15 is 0 Å². The molecular formula is C19H21ClN6O2S2. The first kappa shape index (κ1) is 22.3. The van der Waals surface area contributed by atoms with E-state index in [0.29, 0.717) is 26.7 Å². The van der Waals surface area contributed by atoms with Crippen molar-refractivity contribution in [2.45, 2.75) is 37.2 Å². The van der Waals surface area contributed by atoms with Gasteiger partial charge in [-0.1, -0.05) is 23.4 Å². The van der Waals surface area contributed by atoms with Gasteiger partial charge in [0.15, 0.2) is 16.1 Å². The molecule has 0 spiro atoms. The van der Waals surface area contributed by atoms with Gasteiger partial charge in [0, 0.05) is 23.0 Å². The van der Waals surface area contributed by atoms with Crippen LogP contribution in [0, 0.1) is 6.92 Å². The summed E-state index contributed by atoms with van der Waals surface area (Å²) in [6.45, 7) is 5.49. The van der Waals surface area contributed by atoms with Crippen LogP contribution in [0.15, 0.2) is 34.8 Å². The lowest BCUT2D eigenvalue weighted by atomic mass is 10.2. The Morgan fingerprint density at radius 2 is 1.90 bits per heavy atom. The summed E-state index contributed by atoms with van der Waals surface area (Å²) in [4.78, 5) is 29.1. The molecule has 0 aliphatic rings. The Balaban J connectivity index is 1.62. The fraction of sp³-hybridized carbons (Fsp3) is 0.316. The van der Waals surface area contributed by atoms with E-state index < -0.39 is 5.25 Å². The summed E-state index contributed by atoms with van der Waals surface area (Å²) in [5, 5.41) is 17.3. The molecule has 1 aromatic carbocycles. The summed E-state index contributed by atoms with van der Waals surface area (Å²) < 4.78 is 1.77. The summed E-state index contributed by atoms with van der Waals surface area (Å²) >= 11 is 8.54. The summed E-state index contributed by atoms with van der Waals surface area (Å²) in [5.41, 5.74) is 1.37. The molecule has 2 N–H and O–H groups in total. The van der Waals surface area contributed by atoms with Crippen LogP contribution in [0.3, 0.4) is 0 Å². The van der Waals surface area contributed by atoms with Crippen LogP contribution in [0.4, 0.5) is 5.13 Å². The topological polar surface area (TPSA) is 102 Å².